The van der Waals surface area contributed by atoms with Crippen molar-refractivity contribution in [3.05, 3.63) is 28.0 Å². The molecule has 1 heterocycles. The van der Waals surface area contributed by atoms with E-state index < -0.39 is 12.1 Å². The number of thiophene rings is 1. The predicted octanol–water partition coefficient (Wildman–Crippen LogP) is 2.04. The van der Waals surface area contributed by atoms with Gasteiger partial charge in [-0.05, 0) is 23.1 Å². The average molecular weight is 255 g/mol. The summed E-state index contributed by atoms with van der Waals surface area (Å²) in [5, 5.41) is 10.4. The lowest BCUT2D eigenvalue weighted by atomic mass is 10.3. The predicted molar refractivity (Wildman–Crippen MR) is 64.9 cm³/mol. The smallest absolute Gasteiger partial charge is 0.409 e. The minimum atomic E-state index is -0.980. The van der Waals surface area contributed by atoms with Crippen molar-refractivity contribution in [2.24, 2.45) is 0 Å². The topological polar surface area (TPSA) is 66.8 Å². The molecule has 1 rings (SSSR count). The van der Waals surface area contributed by atoms with E-state index in [1.165, 1.54) is 29.4 Å². The molecule has 6 heteroatoms. The van der Waals surface area contributed by atoms with Gasteiger partial charge >= 0.3 is 12.1 Å². The number of carboxylic acids is 1. The Hall–Kier alpha value is -1.82. The van der Waals surface area contributed by atoms with Gasteiger partial charge in [-0.2, -0.15) is 0 Å². The van der Waals surface area contributed by atoms with Crippen molar-refractivity contribution in [3.8, 4) is 0 Å². The van der Waals surface area contributed by atoms with Gasteiger partial charge in [0.25, 0.3) is 0 Å². The lowest BCUT2D eigenvalue weighted by Crippen LogP contribution is -2.25. The Bertz CT molecular complexity index is 438. The molecule has 0 unspecified atom stereocenters. The third-order valence-electron chi connectivity index (χ3n) is 1.97. The van der Waals surface area contributed by atoms with Crippen molar-refractivity contribution in [1.29, 1.82) is 0 Å². The molecule has 0 radical (unpaired) electrons. The first-order valence-electron chi connectivity index (χ1n) is 4.80. The molecule has 0 saturated heterocycles. The maximum absolute atomic E-state index is 11.2. The molecule has 1 N–H and O–H groups in total. The van der Waals surface area contributed by atoms with Gasteiger partial charge in [0.15, 0.2) is 0 Å². The normalized spacial score (nSPS) is 10.5. The molecule has 1 aromatic rings. The maximum atomic E-state index is 11.2. The second kappa shape index (κ2) is 6.05. The molecular weight excluding hydrogens is 242 g/mol. The fraction of sp³-hybridized carbons (Fsp3) is 0.273. The summed E-state index contributed by atoms with van der Waals surface area (Å²) in [6, 6.07) is 1.84. The van der Waals surface area contributed by atoms with Gasteiger partial charge < -0.3 is 14.7 Å². The summed E-state index contributed by atoms with van der Waals surface area (Å²) >= 11 is 1.42. The molecule has 1 aromatic heterocycles. The Morgan fingerprint density at radius 3 is 2.88 bits per heavy atom. The van der Waals surface area contributed by atoms with E-state index in [0.29, 0.717) is 6.54 Å². The molecule has 0 aliphatic carbocycles. The van der Waals surface area contributed by atoms with Gasteiger partial charge in [-0.25, -0.2) is 9.59 Å². The van der Waals surface area contributed by atoms with Crippen LogP contribution < -0.4 is 0 Å². The highest BCUT2D eigenvalue weighted by Gasteiger charge is 2.09. The Balaban J connectivity index is 2.62. The van der Waals surface area contributed by atoms with Crippen LogP contribution in [0.1, 0.15) is 10.4 Å². The van der Waals surface area contributed by atoms with Crippen LogP contribution in [-0.2, 0) is 16.1 Å². The number of methoxy groups -OCH3 is 1. The Labute approximate surface area is 103 Å². The largest absolute Gasteiger partial charge is 0.478 e. The van der Waals surface area contributed by atoms with Crippen LogP contribution in [0.2, 0.25) is 0 Å². The number of carbonyl (C=O) groups excluding carboxylic acids is 1. The van der Waals surface area contributed by atoms with Crippen LogP contribution in [0.4, 0.5) is 4.79 Å². The summed E-state index contributed by atoms with van der Waals surface area (Å²) in [5.41, 5.74) is 0.938. The fourth-order valence-electron chi connectivity index (χ4n) is 1.21. The third-order valence-corrected chi connectivity index (χ3v) is 2.92. The molecule has 0 aliphatic rings. The van der Waals surface area contributed by atoms with Gasteiger partial charge in [0.2, 0.25) is 0 Å². The van der Waals surface area contributed by atoms with Gasteiger partial charge in [-0.15, -0.1) is 11.3 Å². The molecule has 0 bridgehead atoms. The molecule has 17 heavy (non-hydrogen) atoms. The van der Waals surface area contributed by atoms with Crippen molar-refractivity contribution in [3.63, 3.8) is 0 Å². The minimum Gasteiger partial charge on any atom is -0.478 e. The van der Waals surface area contributed by atoms with E-state index >= 15 is 0 Å². The molecule has 0 saturated carbocycles. The van der Waals surface area contributed by atoms with Crippen LogP contribution in [0, 0.1) is 0 Å². The average Bonchev–Trinajstić information content (AvgIpc) is 2.73. The van der Waals surface area contributed by atoms with Crippen molar-refractivity contribution >= 4 is 29.5 Å². The standard InChI is InChI=1S/C11H13NO4S/c1-12(11(15)16-2)6-8-5-9(17-7-8)3-4-10(13)14/h3-5,7H,6H2,1-2H3,(H,13,14)/b4-3+. The lowest BCUT2D eigenvalue weighted by molar-refractivity contribution is -0.131. The van der Waals surface area contributed by atoms with Gasteiger partial charge in [-0.3, -0.25) is 0 Å². The van der Waals surface area contributed by atoms with Crippen LogP contribution in [0.15, 0.2) is 17.5 Å². The number of carbonyl (C=O) groups is 2. The van der Waals surface area contributed by atoms with Crippen molar-refractivity contribution in [2.45, 2.75) is 6.54 Å². The Morgan fingerprint density at radius 1 is 1.59 bits per heavy atom. The molecule has 0 spiro atoms. The first-order chi connectivity index (χ1) is 8.02. The third kappa shape index (κ3) is 4.28. The van der Waals surface area contributed by atoms with Gasteiger partial charge in [0.1, 0.15) is 0 Å². The van der Waals surface area contributed by atoms with E-state index in [-0.39, 0.29) is 0 Å². The van der Waals surface area contributed by atoms with Crippen LogP contribution >= 0.6 is 11.3 Å². The molecular formula is C11H13NO4S. The number of nitrogens with zero attached hydrogens (tertiary/aromatic N) is 1. The molecule has 0 atom stereocenters. The van der Waals surface area contributed by atoms with Gasteiger partial charge in [0, 0.05) is 24.5 Å². The summed E-state index contributed by atoms with van der Waals surface area (Å²) < 4.78 is 4.57. The van der Waals surface area contributed by atoms with Crippen LogP contribution in [0.5, 0.6) is 0 Å². The summed E-state index contributed by atoms with van der Waals surface area (Å²) in [7, 11) is 2.96. The first kappa shape index (κ1) is 13.2. The van der Waals surface area contributed by atoms with Crippen LogP contribution in [0.3, 0.4) is 0 Å². The number of hydrogen-bond acceptors (Lipinski definition) is 4. The van der Waals surface area contributed by atoms with E-state index in [2.05, 4.69) is 4.74 Å². The van der Waals surface area contributed by atoms with E-state index in [1.807, 2.05) is 11.4 Å². The monoisotopic (exact) mass is 255 g/mol. The zero-order valence-corrected chi connectivity index (χ0v) is 10.4. The zero-order chi connectivity index (χ0) is 12.8. The minimum absolute atomic E-state index is 0.404. The number of hydrogen-bond donors (Lipinski definition) is 1. The fourth-order valence-corrected chi connectivity index (χ4v) is 2.01. The highest BCUT2D eigenvalue weighted by molar-refractivity contribution is 7.11. The summed E-state index contributed by atoms with van der Waals surface area (Å²) in [4.78, 5) is 23.8. The maximum Gasteiger partial charge on any atom is 0.409 e. The number of rotatable bonds is 4. The molecule has 92 valence electrons. The number of ether oxygens (including phenoxy) is 1. The van der Waals surface area contributed by atoms with E-state index in [0.717, 1.165) is 16.5 Å². The molecule has 5 nitrogen and oxygen atoms in total. The van der Waals surface area contributed by atoms with E-state index in [4.69, 9.17) is 5.11 Å². The SMILES string of the molecule is COC(=O)N(C)Cc1csc(/C=C/C(=O)O)c1. The zero-order valence-electron chi connectivity index (χ0n) is 9.54. The van der Waals surface area contributed by atoms with Crippen LogP contribution in [0.25, 0.3) is 6.08 Å². The number of aliphatic carboxylic acids is 1. The molecule has 0 fully saturated rings. The molecule has 1 amide bonds. The van der Waals surface area contributed by atoms with Gasteiger partial charge in [0.05, 0.1) is 7.11 Å². The number of amides is 1. The van der Waals surface area contributed by atoms with Crippen molar-refractivity contribution in [2.75, 3.05) is 14.2 Å². The van der Waals surface area contributed by atoms with E-state index in [9.17, 15) is 9.59 Å². The highest BCUT2D eigenvalue weighted by Crippen LogP contribution is 2.17. The first-order valence-corrected chi connectivity index (χ1v) is 5.68. The summed E-state index contributed by atoms with van der Waals surface area (Å²) in [6.45, 7) is 0.435. The second-order valence-corrected chi connectivity index (χ2v) is 4.30. The second-order valence-electron chi connectivity index (χ2n) is 3.35. The summed E-state index contributed by atoms with van der Waals surface area (Å²) in [5.74, 6) is -0.980. The van der Waals surface area contributed by atoms with Gasteiger partial charge in [-0.1, -0.05) is 0 Å². The quantitative estimate of drug-likeness (QED) is 0.836. The molecule has 0 aromatic carbocycles. The lowest BCUT2D eigenvalue weighted by Gasteiger charge is -2.13. The Kier molecular flexibility index (Phi) is 4.71. The van der Waals surface area contributed by atoms with E-state index in [1.54, 1.807) is 7.05 Å². The van der Waals surface area contributed by atoms with Crippen LogP contribution in [-0.4, -0.2) is 36.2 Å². The summed E-state index contributed by atoms with van der Waals surface area (Å²) in [6.07, 6.45) is 2.20. The highest BCUT2D eigenvalue weighted by atomic mass is 32.1. The Morgan fingerprint density at radius 2 is 2.29 bits per heavy atom. The number of carboxylic acid groups (broad SMARTS) is 1. The molecule has 0 aliphatic heterocycles. The van der Waals surface area contributed by atoms with Crippen molar-refractivity contribution < 1.29 is 19.4 Å². The van der Waals surface area contributed by atoms with Crippen molar-refractivity contribution in [1.82, 2.24) is 4.90 Å².